The Kier molecular flexibility index (Phi) is 3.23. The highest BCUT2D eigenvalue weighted by molar-refractivity contribution is 5.74. The van der Waals surface area contributed by atoms with Crippen molar-refractivity contribution >= 4 is 11.0 Å². The number of fused-ring (bicyclic) bond motifs is 2. The lowest BCUT2D eigenvalue weighted by molar-refractivity contribution is 0.0590. The first-order chi connectivity index (χ1) is 9.90. The molecule has 2 atom stereocenters. The van der Waals surface area contributed by atoms with Gasteiger partial charge in [-0.25, -0.2) is 4.98 Å². The lowest BCUT2D eigenvalue weighted by Crippen LogP contribution is -2.48. The Morgan fingerprint density at radius 3 is 2.95 bits per heavy atom. The number of H-pyrrole nitrogens is 1. The fraction of sp³-hybridized carbons (Fsp3) is 0.588. The minimum absolute atomic E-state index is 0.796. The zero-order valence-electron chi connectivity index (χ0n) is 12.0. The third-order valence-electron chi connectivity index (χ3n) is 5.12. The molecule has 0 spiro atoms. The second-order valence-corrected chi connectivity index (χ2v) is 6.41. The van der Waals surface area contributed by atoms with Crippen molar-refractivity contribution in [2.24, 2.45) is 5.92 Å². The molecule has 2 aromatic rings. The van der Waals surface area contributed by atoms with Crippen molar-refractivity contribution in [2.45, 2.75) is 44.6 Å². The van der Waals surface area contributed by atoms with E-state index in [1.54, 1.807) is 0 Å². The zero-order chi connectivity index (χ0) is 13.4. The van der Waals surface area contributed by atoms with E-state index in [0.717, 1.165) is 23.9 Å². The molecule has 3 nitrogen and oxygen atoms in total. The van der Waals surface area contributed by atoms with E-state index in [0.29, 0.717) is 0 Å². The summed E-state index contributed by atoms with van der Waals surface area (Å²) in [6.07, 6.45) is 8.06. The van der Waals surface area contributed by atoms with Gasteiger partial charge in [-0.3, -0.25) is 0 Å². The second-order valence-electron chi connectivity index (χ2n) is 6.41. The SMILES string of the molecule is c1ccc2[nH]c(C[C@@H]3CCCN4CCCC[C@H]34)nc2c1. The minimum Gasteiger partial charge on any atom is -0.342 e. The lowest BCUT2D eigenvalue weighted by atomic mass is 9.81. The third kappa shape index (κ3) is 2.24. The molecule has 2 fully saturated rings. The number of hydrogen-bond donors (Lipinski definition) is 1. The first kappa shape index (κ1) is 12.4. The molecule has 1 N–H and O–H groups in total. The highest BCUT2D eigenvalue weighted by Crippen LogP contribution is 2.32. The van der Waals surface area contributed by atoms with Crippen LogP contribution in [0.4, 0.5) is 0 Å². The van der Waals surface area contributed by atoms with E-state index in [1.807, 2.05) is 0 Å². The van der Waals surface area contributed by atoms with Crippen LogP contribution in [-0.2, 0) is 6.42 Å². The largest absolute Gasteiger partial charge is 0.342 e. The van der Waals surface area contributed by atoms with Crippen LogP contribution in [0.2, 0.25) is 0 Å². The summed E-state index contributed by atoms with van der Waals surface area (Å²) in [5.74, 6) is 1.98. The predicted molar refractivity (Wildman–Crippen MR) is 81.7 cm³/mol. The molecule has 0 unspecified atom stereocenters. The minimum atomic E-state index is 0.796. The van der Waals surface area contributed by atoms with Crippen molar-refractivity contribution in [3.63, 3.8) is 0 Å². The molecule has 2 aliphatic heterocycles. The van der Waals surface area contributed by atoms with Gasteiger partial charge < -0.3 is 9.88 Å². The summed E-state index contributed by atoms with van der Waals surface area (Å²) >= 11 is 0. The maximum atomic E-state index is 4.77. The van der Waals surface area contributed by atoms with Gasteiger partial charge in [0.2, 0.25) is 0 Å². The van der Waals surface area contributed by atoms with Crippen LogP contribution in [-0.4, -0.2) is 34.0 Å². The number of para-hydroxylation sites is 2. The first-order valence-electron chi connectivity index (χ1n) is 8.08. The molecule has 1 aromatic heterocycles. The molecule has 3 heteroatoms. The highest BCUT2D eigenvalue weighted by Gasteiger charge is 2.33. The van der Waals surface area contributed by atoms with Gasteiger partial charge in [-0.1, -0.05) is 18.6 Å². The Morgan fingerprint density at radius 2 is 2.00 bits per heavy atom. The molecule has 0 aliphatic carbocycles. The highest BCUT2D eigenvalue weighted by atomic mass is 15.2. The van der Waals surface area contributed by atoms with E-state index in [-0.39, 0.29) is 0 Å². The van der Waals surface area contributed by atoms with Crippen molar-refractivity contribution in [3.05, 3.63) is 30.1 Å². The van der Waals surface area contributed by atoms with Crippen LogP contribution in [0.5, 0.6) is 0 Å². The summed E-state index contributed by atoms with van der Waals surface area (Å²) in [5.41, 5.74) is 2.29. The maximum Gasteiger partial charge on any atom is 0.107 e. The molecule has 20 heavy (non-hydrogen) atoms. The van der Waals surface area contributed by atoms with Crippen LogP contribution in [0, 0.1) is 5.92 Å². The number of imidazole rings is 1. The fourth-order valence-corrected chi connectivity index (χ4v) is 4.17. The number of rotatable bonds is 2. The molecule has 0 radical (unpaired) electrons. The summed E-state index contributed by atoms with van der Waals surface area (Å²) in [7, 11) is 0. The normalized spacial score (nSPS) is 27.6. The Hall–Kier alpha value is -1.35. The Balaban J connectivity index is 1.54. The number of aromatic nitrogens is 2. The van der Waals surface area contributed by atoms with Gasteiger partial charge in [0.25, 0.3) is 0 Å². The van der Waals surface area contributed by atoms with Crippen LogP contribution >= 0.6 is 0 Å². The zero-order valence-corrected chi connectivity index (χ0v) is 12.0. The molecule has 0 bridgehead atoms. The van der Waals surface area contributed by atoms with E-state index >= 15 is 0 Å². The quantitative estimate of drug-likeness (QED) is 0.906. The second kappa shape index (κ2) is 5.21. The molecule has 2 saturated heterocycles. The Morgan fingerprint density at radius 1 is 1.10 bits per heavy atom. The van der Waals surface area contributed by atoms with Gasteiger partial charge in [-0.2, -0.15) is 0 Å². The first-order valence-corrected chi connectivity index (χ1v) is 8.08. The van der Waals surface area contributed by atoms with Gasteiger partial charge in [0.15, 0.2) is 0 Å². The van der Waals surface area contributed by atoms with E-state index < -0.39 is 0 Å². The molecule has 0 amide bonds. The summed E-state index contributed by atoms with van der Waals surface area (Å²) in [6.45, 7) is 2.64. The number of nitrogens with one attached hydrogen (secondary N) is 1. The average molecular weight is 269 g/mol. The van der Waals surface area contributed by atoms with Crippen molar-refractivity contribution in [2.75, 3.05) is 13.1 Å². The van der Waals surface area contributed by atoms with Crippen molar-refractivity contribution < 1.29 is 0 Å². The summed E-state index contributed by atoms with van der Waals surface area (Å²) in [6, 6.07) is 9.18. The summed E-state index contributed by atoms with van der Waals surface area (Å²) < 4.78 is 0. The van der Waals surface area contributed by atoms with Crippen molar-refractivity contribution in [1.82, 2.24) is 14.9 Å². The predicted octanol–water partition coefficient (Wildman–Crippen LogP) is 3.37. The summed E-state index contributed by atoms with van der Waals surface area (Å²) in [5, 5.41) is 0. The number of piperidine rings is 2. The van der Waals surface area contributed by atoms with Gasteiger partial charge >= 0.3 is 0 Å². The van der Waals surface area contributed by atoms with Gasteiger partial charge in [0.1, 0.15) is 5.82 Å². The van der Waals surface area contributed by atoms with Gasteiger partial charge in [0, 0.05) is 12.5 Å². The van der Waals surface area contributed by atoms with Crippen LogP contribution in [0.15, 0.2) is 24.3 Å². The van der Waals surface area contributed by atoms with Crippen LogP contribution < -0.4 is 0 Å². The van der Waals surface area contributed by atoms with E-state index in [1.165, 1.54) is 56.5 Å². The fourth-order valence-electron chi connectivity index (χ4n) is 4.17. The smallest absolute Gasteiger partial charge is 0.107 e. The monoisotopic (exact) mass is 269 g/mol. The Labute approximate surface area is 120 Å². The Bertz CT molecular complexity index is 554. The molecule has 3 heterocycles. The lowest BCUT2D eigenvalue weighted by Gasteiger charge is -2.44. The van der Waals surface area contributed by atoms with E-state index in [4.69, 9.17) is 4.98 Å². The van der Waals surface area contributed by atoms with Gasteiger partial charge in [-0.15, -0.1) is 0 Å². The number of nitrogens with zero attached hydrogens (tertiary/aromatic N) is 2. The van der Waals surface area contributed by atoms with Crippen molar-refractivity contribution in [1.29, 1.82) is 0 Å². The third-order valence-corrected chi connectivity index (χ3v) is 5.12. The van der Waals surface area contributed by atoms with Crippen LogP contribution in [0.25, 0.3) is 11.0 Å². The number of aromatic amines is 1. The van der Waals surface area contributed by atoms with E-state index in [9.17, 15) is 0 Å². The van der Waals surface area contributed by atoms with Crippen molar-refractivity contribution in [3.8, 4) is 0 Å². The maximum absolute atomic E-state index is 4.77. The van der Waals surface area contributed by atoms with E-state index in [2.05, 4.69) is 34.1 Å². The summed E-state index contributed by atoms with van der Waals surface area (Å²) in [4.78, 5) is 11.0. The molecule has 0 saturated carbocycles. The van der Waals surface area contributed by atoms with Crippen LogP contribution in [0.3, 0.4) is 0 Å². The topological polar surface area (TPSA) is 31.9 Å². The van der Waals surface area contributed by atoms with Gasteiger partial charge in [-0.05, 0) is 56.8 Å². The van der Waals surface area contributed by atoms with Gasteiger partial charge in [0.05, 0.1) is 11.0 Å². The molecule has 4 rings (SSSR count). The van der Waals surface area contributed by atoms with Crippen LogP contribution in [0.1, 0.15) is 37.9 Å². The molecule has 106 valence electrons. The number of benzene rings is 1. The standard InChI is InChI=1S/C17H23N3/c1-2-8-15-14(7-1)18-17(19-15)12-13-6-5-11-20-10-4-3-9-16(13)20/h1-2,7-8,13,16H,3-6,9-12H2,(H,18,19)/t13-,16+/m0/s1. The average Bonchev–Trinajstić information content (AvgIpc) is 2.90. The molecule has 1 aromatic carbocycles. The molecule has 2 aliphatic rings. The molecular weight excluding hydrogens is 246 g/mol. The number of hydrogen-bond acceptors (Lipinski definition) is 2. The molecular formula is C17H23N3.